The van der Waals surface area contributed by atoms with E-state index in [1.54, 1.807) is 11.8 Å². The van der Waals surface area contributed by atoms with Crippen LogP contribution in [-0.2, 0) is 9.53 Å². The van der Waals surface area contributed by atoms with Crippen molar-refractivity contribution >= 4 is 17.7 Å². The van der Waals surface area contributed by atoms with E-state index in [1.807, 2.05) is 27.7 Å². The predicted octanol–water partition coefficient (Wildman–Crippen LogP) is 2.20. The molecular weight excluding hydrogens is 222 g/mol. The highest BCUT2D eigenvalue weighted by Crippen LogP contribution is 2.20. The lowest BCUT2D eigenvalue weighted by Crippen LogP contribution is -2.33. The molecule has 1 amide bonds. The largest absolute Gasteiger partial charge is 0.375 e. The summed E-state index contributed by atoms with van der Waals surface area (Å²) in [6, 6.07) is 0.460. The SMILES string of the molecule is CC(SCCOC(C)(C)C)C(=O)NC1CC1. The average molecular weight is 245 g/mol. The van der Waals surface area contributed by atoms with Crippen LogP contribution in [0.15, 0.2) is 0 Å². The second-order valence-electron chi connectivity index (χ2n) is 5.26. The fraction of sp³-hybridized carbons (Fsp3) is 0.917. The minimum Gasteiger partial charge on any atom is -0.375 e. The van der Waals surface area contributed by atoms with Crippen LogP contribution in [0.25, 0.3) is 0 Å². The maximum Gasteiger partial charge on any atom is 0.233 e. The first-order valence-electron chi connectivity index (χ1n) is 5.94. The summed E-state index contributed by atoms with van der Waals surface area (Å²) in [5.74, 6) is 1.04. The van der Waals surface area contributed by atoms with Crippen molar-refractivity contribution < 1.29 is 9.53 Å². The maximum absolute atomic E-state index is 11.6. The van der Waals surface area contributed by atoms with Crippen LogP contribution in [0.2, 0.25) is 0 Å². The van der Waals surface area contributed by atoms with Gasteiger partial charge in [-0.05, 0) is 40.5 Å². The highest BCUT2D eigenvalue weighted by molar-refractivity contribution is 8.00. The third-order valence-corrected chi connectivity index (χ3v) is 3.40. The van der Waals surface area contributed by atoms with Crippen LogP contribution in [0.4, 0.5) is 0 Å². The fourth-order valence-electron chi connectivity index (χ4n) is 1.19. The number of ether oxygens (including phenoxy) is 1. The van der Waals surface area contributed by atoms with E-state index in [0.29, 0.717) is 12.6 Å². The molecule has 0 bridgehead atoms. The van der Waals surface area contributed by atoms with Gasteiger partial charge in [0.25, 0.3) is 0 Å². The second-order valence-corrected chi connectivity index (χ2v) is 6.71. The summed E-state index contributed by atoms with van der Waals surface area (Å²) >= 11 is 1.66. The van der Waals surface area contributed by atoms with Crippen molar-refractivity contribution in [2.75, 3.05) is 12.4 Å². The number of thioether (sulfide) groups is 1. The molecule has 3 nitrogen and oxygen atoms in total. The van der Waals surface area contributed by atoms with Gasteiger partial charge in [-0.3, -0.25) is 4.79 Å². The van der Waals surface area contributed by atoms with Crippen LogP contribution in [0.3, 0.4) is 0 Å². The van der Waals surface area contributed by atoms with Crippen LogP contribution < -0.4 is 5.32 Å². The van der Waals surface area contributed by atoms with Gasteiger partial charge in [0.05, 0.1) is 17.5 Å². The minimum atomic E-state index is -0.0833. The zero-order valence-electron chi connectivity index (χ0n) is 10.7. The first-order valence-corrected chi connectivity index (χ1v) is 6.99. The molecule has 4 heteroatoms. The third kappa shape index (κ3) is 6.38. The Kier molecular flexibility index (Phi) is 5.12. The molecule has 0 aromatic heterocycles. The normalized spacial score (nSPS) is 18.2. The lowest BCUT2D eigenvalue weighted by atomic mass is 10.2. The van der Waals surface area contributed by atoms with E-state index < -0.39 is 0 Å². The van der Waals surface area contributed by atoms with Crippen molar-refractivity contribution in [2.24, 2.45) is 0 Å². The summed E-state index contributed by atoms with van der Waals surface area (Å²) in [6.45, 7) is 8.79. The Labute approximate surface area is 103 Å². The molecule has 0 aromatic carbocycles. The number of carbonyl (C=O) groups is 1. The van der Waals surface area contributed by atoms with Crippen molar-refractivity contribution in [1.29, 1.82) is 0 Å². The van der Waals surface area contributed by atoms with Crippen LogP contribution in [0.5, 0.6) is 0 Å². The molecule has 0 saturated heterocycles. The van der Waals surface area contributed by atoms with Gasteiger partial charge in [0, 0.05) is 11.8 Å². The van der Waals surface area contributed by atoms with Gasteiger partial charge in [0.2, 0.25) is 5.91 Å². The Morgan fingerprint density at radius 3 is 2.62 bits per heavy atom. The van der Waals surface area contributed by atoms with E-state index >= 15 is 0 Å². The summed E-state index contributed by atoms with van der Waals surface area (Å²) < 4.78 is 5.60. The standard InChI is InChI=1S/C12H23NO2S/c1-9(11(14)13-10-5-6-10)16-8-7-15-12(2,3)4/h9-10H,5-8H2,1-4H3,(H,13,14). The Hall–Kier alpha value is -0.220. The highest BCUT2D eigenvalue weighted by atomic mass is 32.2. The smallest absolute Gasteiger partial charge is 0.233 e. The molecule has 0 aliphatic heterocycles. The molecule has 0 aromatic rings. The van der Waals surface area contributed by atoms with E-state index in [2.05, 4.69) is 5.32 Å². The Bertz CT molecular complexity index is 234. The molecule has 1 atom stereocenters. The van der Waals surface area contributed by atoms with Gasteiger partial charge in [-0.15, -0.1) is 11.8 Å². The fourth-order valence-corrected chi connectivity index (χ4v) is 1.95. The number of hydrogen-bond acceptors (Lipinski definition) is 3. The maximum atomic E-state index is 11.6. The number of nitrogens with one attached hydrogen (secondary N) is 1. The summed E-state index contributed by atoms with van der Waals surface area (Å²) in [6.07, 6.45) is 2.30. The summed E-state index contributed by atoms with van der Waals surface area (Å²) in [7, 11) is 0. The summed E-state index contributed by atoms with van der Waals surface area (Å²) in [4.78, 5) is 11.6. The lowest BCUT2D eigenvalue weighted by Gasteiger charge is -2.20. The Balaban J connectivity index is 2.04. The second kappa shape index (κ2) is 5.92. The van der Waals surface area contributed by atoms with E-state index in [0.717, 1.165) is 18.6 Å². The van der Waals surface area contributed by atoms with E-state index in [-0.39, 0.29) is 16.8 Å². The van der Waals surface area contributed by atoms with Gasteiger partial charge >= 0.3 is 0 Å². The lowest BCUT2D eigenvalue weighted by molar-refractivity contribution is -0.120. The van der Waals surface area contributed by atoms with Gasteiger partial charge in [-0.1, -0.05) is 0 Å². The Morgan fingerprint density at radius 1 is 1.50 bits per heavy atom. The van der Waals surface area contributed by atoms with Gasteiger partial charge in [-0.25, -0.2) is 0 Å². The Morgan fingerprint density at radius 2 is 2.12 bits per heavy atom. The molecule has 1 saturated carbocycles. The number of carbonyl (C=O) groups excluding carboxylic acids is 1. The molecule has 1 aliphatic rings. The van der Waals surface area contributed by atoms with E-state index in [4.69, 9.17) is 4.74 Å². The summed E-state index contributed by atoms with van der Waals surface area (Å²) in [5.41, 5.74) is -0.0833. The number of amides is 1. The molecule has 0 heterocycles. The van der Waals surface area contributed by atoms with Crippen LogP contribution in [0, 0.1) is 0 Å². The van der Waals surface area contributed by atoms with Crippen LogP contribution in [-0.4, -0.2) is 35.2 Å². The topological polar surface area (TPSA) is 38.3 Å². The van der Waals surface area contributed by atoms with Crippen LogP contribution in [0.1, 0.15) is 40.5 Å². The van der Waals surface area contributed by atoms with Gasteiger partial charge in [-0.2, -0.15) is 0 Å². The van der Waals surface area contributed by atoms with Gasteiger partial charge in [0.15, 0.2) is 0 Å². The monoisotopic (exact) mass is 245 g/mol. The molecular formula is C12H23NO2S. The highest BCUT2D eigenvalue weighted by Gasteiger charge is 2.25. The van der Waals surface area contributed by atoms with Crippen molar-refractivity contribution in [3.8, 4) is 0 Å². The first-order chi connectivity index (χ1) is 7.38. The van der Waals surface area contributed by atoms with Crippen molar-refractivity contribution in [3.63, 3.8) is 0 Å². The zero-order valence-corrected chi connectivity index (χ0v) is 11.5. The quantitative estimate of drug-likeness (QED) is 0.729. The molecule has 16 heavy (non-hydrogen) atoms. The zero-order chi connectivity index (χ0) is 12.2. The van der Waals surface area contributed by atoms with E-state index in [1.165, 1.54) is 0 Å². The van der Waals surface area contributed by atoms with Gasteiger partial charge < -0.3 is 10.1 Å². The first kappa shape index (κ1) is 13.8. The molecule has 1 N–H and O–H groups in total. The summed E-state index contributed by atoms with van der Waals surface area (Å²) in [5, 5.41) is 3.04. The average Bonchev–Trinajstić information content (AvgIpc) is 2.94. The number of rotatable bonds is 6. The number of hydrogen-bond donors (Lipinski definition) is 1. The predicted molar refractivity (Wildman–Crippen MR) is 68.8 cm³/mol. The van der Waals surface area contributed by atoms with Crippen LogP contribution >= 0.6 is 11.8 Å². The van der Waals surface area contributed by atoms with Crippen molar-refractivity contribution in [1.82, 2.24) is 5.32 Å². The van der Waals surface area contributed by atoms with E-state index in [9.17, 15) is 4.79 Å². The molecule has 94 valence electrons. The molecule has 1 aliphatic carbocycles. The third-order valence-electron chi connectivity index (χ3n) is 2.28. The molecule has 0 radical (unpaired) electrons. The minimum absolute atomic E-state index is 0.0316. The molecule has 1 rings (SSSR count). The van der Waals surface area contributed by atoms with Crippen molar-refractivity contribution in [2.45, 2.75) is 57.4 Å². The van der Waals surface area contributed by atoms with Gasteiger partial charge in [0.1, 0.15) is 0 Å². The molecule has 1 unspecified atom stereocenters. The molecule has 0 spiro atoms. The van der Waals surface area contributed by atoms with Crippen molar-refractivity contribution in [3.05, 3.63) is 0 Å². The molecule has 1 fully saturated rings.